The molecular weight excluding hydrogens is 937 g/mol. The molecule has 16 aromatic rings. The van der Waals surface area contributed by atoms with Crippen molar-refractivity contribution in [2.75, 3.05) is 0 Å². The molecule has 6 nitrogen and oxygen atoms in total. The minimum absolute atomic E-state index is 0.688. The lowest BCUT2D eigenvalue weighted by Crippen LogP contribution is -1.97. The third kappa shape index (κ3) is 6.49. The third-order valence-corrected chi connectivity index (χ3v) is 15.8. The van der Waals surface area contributed by atoms with E-state index in [0.29, 0.717) is 5.82 Å². The number of fused-ring (bicyclic) bond motifs is 14. The number of para-hydroxylation sites is 5. The maximum atomic E-state index is 5.35. The number of rotatable bonds is 7. The number of hydrogen-bond acceptors (Lipinski definition) is 2. The predicted molar refractivity (Wildman–Crippen MR) is 320 cm³/mol. The summed E-state index contributed by atoms with van der Waals surface area (Å²) in [6, 6.07) is 94.2. The molecule has 0 radical (unpaired) electrons. The molecule has 6 heteroatoms. The summed E-state index contributed by atoms with van der Waals surface area (Å²) < 4.78 is 9.90. The highest BCUT2D eigenvalue weighted by Gasteiger charge is 2.26. The van der Waals surface area contributed by atoms with E-state index in [-0.39, 0.29) is 0 Å². The smallest absolute Gasteiger partial charge is 0.160 e. The molecule has 0 unspecified atom stereocenters. The van der Waals surface area contributed by atoms with Gasteiger partial charge in [0.1, 0.15) is 0 Å². The van der Waals surface area contributed by atoms with Crippen LogP contribution in [0.2, 0.25) is 0 Å². The van der Waals surface area contributed by atoms with Crippen LogP contribution in [-0.4, -0.2) is 28.2 Å². The largest absolute Gasteiger partial charge is 0.309 e. The van der Waals surface area contributed by atoms with Crippen molar-refractivity contribution in [2.45, 2.75) is 6.92 Å². The van der Waals surface area contributed by atoms with Gasteiger partial charge in [0.2, 0.25) is 0 Å². The Bertz CT molecular complexity index is 4950. The highest BCUT2D eigenvalue weighted by molar-refractivity contribution is 6.29. The van der Waals surface area contributed by atoms with E-state index in [2.05, 4.69) is 274 Å². The molecule has 0 aliphatic heterocycles. The molecule has 5 heterocycles. The monoisotopic (exact) mass is 982 g/mol. The van der Waals surface area contributed by atoms with Crippen LogP contribution in [0.1, 0.15) is 5.56 Å². The lowest BCUT2D eigenvalue weighted by molar-refractivity contribution is 1.16. The van der Waals surface area contributed by atoms with Gasteiger partial charge in [-0.1, -0.05) is 170 Å². The minimum Gasteiger partial charge on any atom is -0.309 e. The van der Waals surface area contributed by atoms with Crippen molar-refractivity contribution in [2.24, 2.45) is 0 Å². The zero-order valence-corrected chi connectivity index (χ0v) is 42.0. The van der Waals surface area contributed by atoms with E-state index in [1.54, 1.807) is 0 Å². The summed E-state index contributed by atoms with van der Waals surface area (Å²) in [5.74, 6) is 0.688. The summed E-state index contributed by atoms with van der Waals surface area (Å²) in [5, 5.41) is 9.68. The second kappa shape index (κ2) is 16.9. The van der Waals surface area contributed by atoms with Crippen LogP contribution in [0.15, 0.2) is 261 Å². The summed E-state index contributed by atoms with van der Waals surface area (Å²) in [4.78, 5) is 10.5. The van der Waals surface area contributed by atoms with Gasteiger partial charge in [-0.05, 0) is 103 Å². The van der Waals surface area contributed by atoms with E-state index in [9.17, 15) is 0 Å². The molecule has 0 bridgehead atoms. The first kappa shape index (κ1) is 43.1. The van der Waals surface area contributed by atoms with Gasteiger partial charge in [0.25, 0.3) is 0 Å². The highest BCUT2D eigenvalue weighted by atomic mass is 15.0. The Morgan fingerprint density at radius 1 is 0.260 bits per heavy atom. The van der Waals surface area contributed by atoms with Crippen molar-refractivity contribution < 1.29 is 0 Å². The topological polar surface area (TPSA) is 45.5 Å². The Morgan fingerprint density at radius 2 is 0.740 bits per heavy atom. The summed E-state index contributed by atoms with van der Waals surface area (Å²) in [5.41, 5.74) is 19.7. The van der Waals surface area contributed by atoms with Crippen molar-refractivity contribution in [3.63, 3.8) is 0 Å². The Labute approximate surface area is 443 Å². The molecule has 0 aliphatic carbocycles. The van der Waals surface area contributed by atoms with Gasteiger partial charge in [0.15, 0.2) is 5.82 Å². The van der Waals surface area contributed by atoms with Crippen LogP contribution in [0.4, 0.5) is 0 Å². The van der Waals surface area contributed by atoms with E-state index >= 15 is 0 Å². The fourth-order valence-electron chi connectivity index (χ4n) is 12.6. The lowest BCUT2D eigenvalue weighted by Gasteiger charge is -2.12. The number of nitrogens with zero attached hydrogens (tertiary/aromatic N) is 6. The number of aryl methyl sites for hydroxylation is 1. The second-order valence-corrected chi connectivity index (χ2v) is 20.2. The molecule has 77 heavy (non-hydrogen) atoms. The standard InChI is InChI=1S/C71H46N6/c1-45-41-65-68(55-32-18-20-34-61(55)74(65)49-25-11-4-12-26-49)70-66(45)57-43-52(36-39-62(57)77(70)51-29-15-6-16-30-51)75-63-40-38-54-53-31-17-19-33-60(53)76(50-27-13-5-14-28-50)69(54)67(63)56-37-35-48(42-64(56)75)59-44-58(46-21-7-2-8-22-46)72-71(73-59)47-23-9-3-10-24-47/h2-44H,1H3. The van der Waals surface area contributed by atoms with E-state index in [1.807, 2.05) is 12.1 Å². The van der Waals surface area contributed by atoms with Crippen LogP contribution >= 0.6 is 0 Å². The molecule has 0 spiro atoms. The molecular formula is C71H46N6. The van der Waals surface area contributed by atoms with Gasteiger partial charge in [-0.25, -0.2) is 9.97 Å². The first-order valence-corrected chi connectivity index (χ1v) is 26.3. The van der Waals surface area contributed by atoms with Crippen molar-refractivity contribution in [3.8, 4) is 56.7 Å². The molecule has 11 aromatic carbocycles. The van der Waals surface area contributed by atoms with Crippen LogP contribution < -0.4 is 0 Å². The Kier molecular flexibility index (Phi) is 9.45. The van der Waals surface area contributed by atoms with Gasteiger partial charge in [-0.3, -0.25) is 0 Å². The van der Waals surface area contributed by atoms with E-state index in [0.717, 1.165) is 72.8 Å². The lowest BCUT2D eigenvalue weighted by atomic mass is 10.0. The average Bonchev–Trinajstić information content (AvgIpc) is 4.24. The van der Waals surface area contributed by atoms with Crippen LogP contribution in [0.3, 0.4) is 0 Å². The SMILES string of the molecule is Cc1cc2c(c3ccccc3n2-c2ccccc2)c2c1c1cc(-n3c4cc(-c5cc(-c6ccccc6)nc(-c6ccccc6)n5)ccc4c4c3ccc3c5ccccc5n(-c5ccccc5)c34)ccc1n2-c1ccccc1. The first-order chi connectivity index (χ1) is 38.1. The summed E-state index contributed by atoms with van der Waals surface area (Å²) >= 11 is 0. The average molecular weight is 983 g/mol. The van der Waals surface area contributed by atoms with E-state index in [4.69, 9.17) is 9.97 Å². The van der Waals surface area contributed by atoms with E-state index < -0.39 is 0 Å². The van der Waals surface area contributed by atoms with Gasteiger partial charge in [0, 0.05) is 82.5 Å². The zero-order valence-electron chi connectivity index (χ0n) is 42.0. The molecule has 16 rings (SSSR count). The van der Waals surface area contributed by atoms with Gasteiger partial charge in [0.05, 0.1) is 55.5 Å². The molecule has 0 fully saturated rings. The molecule has 5 aromatic heterocycles. The van der Waals surface area contributed by atoms with Gasteiger partial charge in [-0.2, -0.15) is 0 Å². The first-order valence-electron chi connectivity index (χ1n) is 26.3. The molecule has 0 saturated heterocycles. The van der Waals surface area contributed by atoms with Crippen molar-refractivity contribution in [1.29, 1.82) is 0 Å². The van der Waals surface area contributed by atoms with Crippen molar-refractivity contribution in [3.05, 3.63) is 266 Å². The fraction of sp³-hybridized carbons (Fsp3) is 0.0141. The van der Waals surface area contributed by atoms with Crippen LogP contribution in [0, 0.1) is 6.92 Å². The maximum absolute atomic E-state index is 5.35. The van der Waals surface area contributed by atoms with Crippen molar-refractivity contribution in [1.82, 2.24) is 28.2 Å². The van der Waals surface area contributed by atoms with Gasteiger partial charge >= 0.3 is 0 Å². The third-order valence-electron chi connectivity index (χ3n) is 15.8. The highest BCUT2D eigenvalue weighted by Crippen LogP contribution is 2.47. The fourth-order valence-corrected chi connectivity index (χ4v) is 12.6. The summed E-state index contributed by atoms with van der Waals surface area (Å²) in [7, 11) is 0. The molecule has 0 saturated carbocycles. The molecule has 0 N–H and O–H groups in total. The van der Waals surface area contributed by atoms with Crippen LogP contribution in [0.5, 0.6) is 0 Å². The Balaban J connectivity index is 1.03. The molecule has 0 aliphatic rings. The van der Waals surface area contributed by atoms with E-state index in [1.165, 1.54) is 70.9 Å². The number of hydrogen-bond donors (Lipinski definition) is 0. The number of benzene rings is 11. The maximum Gasteiger partial charge on any atom is 0.160 e. The molecule has 0 atom stereocenters. The van der Waals surface area contributed by atoms with Crippen LogP contribution in [0.25, 0.3) is 144 Å². The minimum atomic E-state index is 0.688. The Morgan fingerprint density at radius 3 is 1.42 bits per heavy atom. The van der Waals surface area contributed by atoms with Gasteiger partial charge in [-0.15, -0.1) is 0 Å². The normalized spacial score (nSPS) is 12.0. The second-order valence-electron chi connectivity index (χ2n) is 20.2. The number of aromatic nitrogens is 6. The van der Waals surface area contributed by atoms with Crippen molar-refractivity contribution >= 4 is 87.2 Å². The van der Waals surface area contributed by atoms with Gasteiger partial charge < -0.3 is 18.3 Å². The predicted octanol–water partition coefficient (Wildman–Crippen LogP) is 18.2. The quantitative estimate of drug-likeness (QED) is 0.160. The Hall–Kier alpha value is -10.3. The summed E-state index contributed by atoms with van der Waals surface area (Å²) in [6.07, 6.45) is 0. The zero-order chi connectivity index (χ0) is 50.7. The van der Waals surface area contributed by atoms with Crippen LogP contribution in [-0.2, 0) is 0 Å². The molecule has 0 amide bonds. The summed E-state index contributed by atoms with van der Waals surface area (Å²) in [6.45, 7) is 2.29. The molecule has 360 valence electrons.